The van der Waals surface area contributed by atoms with Crippen LogP contribution in [0.5, 0.6) is 0 Å². The van der Waals surface area contributed by atoms with Gasteiger partial charge in [-0.25, -0.2) is 0 Å². The van der Waals surface area contributed by atoms with Crippen LogP contribution in [-0.2, 0) is 14.3 Å². The molecule has 1 atom stereocenters. The summed E-state index contributed by atoms with van der Waals surface area (Å²) in [6.45, 7) is 7.68. The molecule has 2 saturated heterocycles. The predicted molar refractivity (Wildman–Crippen MR) is 80.5 cm³/mol. The van der Waals surface area contributed by atoms with Gasteiger partial charge in [-0.15, -0.1) is 0 Å². The molecule has 2 aliphatic heterocycles. The number of carboxylic acid groups (broad SMARTS) is 1. The van der Waals surface area contributed by atoms with Crippen molar-refractivity contribution in [3.05, 3.63) is 0 Å². The third-order valence-corrected chi connectivity index (χ3v) is 4.81. The van der Waals surface area contributed by atoms with Crippen molar-refractivity contribution < 1.29 is 19.4 Å². The zero-order valence-electron chi connectivity index (χ0n) is 13.3. The molecule has 5 nitrogen and oxygen atoms in total. The Kier molecular flexibility index (Phi) is 6.02. The minimum atomic E-state index is -0.702. The first-order chi connectivity index (χ1) is 10.0. The van der Waals surface area contributed by atoms with Crippen LogP contribution in [0, 0.1) is 0 Å². The van der Waals surface area contributed by atoms with E-state index in [1.807, 2.05) is 0 Å². The molecule has 0 aliphatic carbocycles. The molecule has 0 aromatic rings. The van der Waals surface area contributed by atoms with Gasteiger partial charge in [-0.05, 0) is 52.5 Å². The zero-order chi connectivity index (χ0) is 15.3. The van der Waals surface area contributed by atoms with Gasteiger partial charge in [0, 0.05) is 38.3 Å². The predicted octanol–water partition coefficient (Wildman–Crippen LogP) is 2.29. The Bertz CT molecular complexity index is 334. The average Bonchev–Trinajstić information content (AvgIpc) is 2.44. The Balaban J connectivity index is 1.93. The molecule has 1 unspecified atom stereocenters. The molecule has 0 amide bonds. The quantitative estimate of drug-likeness (QED) is 0.815. The van der Waals surface area contributed by atoms with Crippen LogP contribution in [0.2, 0.25) is 0 Å². The van der Waals surface area contributed by atoms with Crippen LogP contribution in [0.3, 0.4) is 0 Å². The second-order valence-corrected chi connectivity index (χ2v) is 6.62. The molecule has 0 aromatic heterocycles. The molecular weight excluding hydrogens is 270 g/mol. The highest BCUT2D eigenvalue weighted by Gasteiger charge is 2.40. The summed E-state index contributed by atoms with van der Waals surface area (Å²) in [5.74, 6) is -0.702. The summed E-state index contributed by atoms with van der Waals surface area (Å²) in [5.41, 5.74) is 0.00110. The molecule has 0 bridgehead atoms. The van der Waals surface area contributed by atoms with Gasteiger partial charge in [-0.3, -0.25) is 9.69 Å². The summed E-state index contributed by atoms with van der Waals surface area (Å²) < 4.78 is 11.6. The summed E-state index contributed by atoms with van der Waals surface area (Å²) in [7, 11) is 0. The lowest BCUT2D eigenvalue weighted by molar-refractivity contribution is -0.153. The first kappa shape index (κ1) is 16.7. The van der Waals surface area contributed by atoms with Gasteiger partial charge in [0.15, 0.2) is 0 Å². The fourth-order valence-corrected chi connectivity index (χ4v) is 3.65. The summed E-state index contributed by atoms with van der Waals surface area (Å²) >= 11 is 0. The van der Waals surface area contributed by atoms with Gasteiger partial charge in [-0.1, -0.05) is 0 Å². The van der Waals surface area contributed by atoms with Crippen LogP contribution < -0.4 is 0 Å². The second-order valence-electron chi connectivity index (χ2n) is 6.62. The van der Waals surface area contributed by atoms with Gasteiger partial charge in [0.25, 0.3) is 0 Å². The number of carboxylic acids is 1. The molecule has 122 valence electrons. The van der Waals surface area contributed by atoms with E-state index in [4.69, 9.17) is 14.6 Å². The Morgan fingerprint density at radius 2 is 2.05 bits per heavy atom. The number of nitrogens with zero attached hydrogens (tertiary/aromatic N) is 1. The molecular formula is C16H29NO4. The highest BCUT2D eigenvalue weighted by atomic mass is 16.5. The number of ether oxygens (including phenoxy) is 2. The highest BCUT2D eigenvalue weighted by Crippen LogP contribution is 2.36. The minimum absolute atomic E-state index is 0.00110. The number of hydrogen-bond acceptors (Lipinski definition) is 4. The van der Waals surface area contributed by atoms with Gasteiger partial charge >= 0.3 is 5.97 Å². The number of rotatable bonds is 6. The molecule has 0 saturated carbocycles. The van der Waals surface area contributed by atoms with Crippen LogP contribution in [0.25, 0.3) is 0 Å². The lowest BCUT2D eigenvalue weighted by Crippen LogP contribution is -2.52. The van der Waals surface area contributed by atoms with Crippen LogP contribution in [0.4, 0.5) is 0 Å². The molecule has 1 N–H and O–H groups in total. The Hall–Kier alpha value is -0.650. The minimum Gasteiger partial charge on any atom is -0.481 e. The monoisotopic (exact) mass is 299 g/mol. The SMILES string of the molecule is CC(C)N(CCCC(=O)O)C1CCOC2(CCOCC2)C1. The Labute approximate surface area is 127 Å². The van der Waals surface area contributed by atoms with E-state index in [0.29, 0.717) is 12.1 Å². The van der Waals surface area contributed by atoms with Gasteiger partial charge in [0.1, 0.15) is 0 Å². The molecule has 0 aromatic carbocycles. The zero-order valence-corrected chi connectivity index (χ0v) is 13.3. The smallest absolute Gasteiger partial charge is 0.303 e. The second kappa shape index (κ2) is 7.56. The Morgan fingerprint density at radius 1 is 1.33 bits per heavy atom. The normalized spacial score (nSPS) is 25.6. The molecule has 2 heterocycles. The molecule has 2 fully saturated rings. The Morgan fingerprint density at radius 3 is 2.67 bits per heavy atom. The van der Waals surface area contributed by atoms with Gasteiger partial charge in [0.05, 0.1) is 5.60 Å². The van der Waals surface area contributed by atoms with Crippen molar-refractivity contribution in [3.8, 4) is 0 Å². The van der Waals surface area contributed by atoms with E-state index in [0.717, 1.165) is 58.5 Å². The number of hydrogen-bond donors (Lipinski definition) is 1. The van der Waals surface area contributed by atoms with E-state index in [9.17, 15) is 4.79 Å². The molecule has 0 radical (unpaired) electrons. The van der Waals surface area contributed by atoms with Crippen molar-refractivity contribution in [2.45, 2.75) is 70.1 Å². The van der Waals surface area contributed by atoms with Crippen molar-refractivity contribution in [2.24, 2.45) is 0 Å². The lowest BCUT2D eigenvalue weighted by Gasteiger charge is -2.47. The van der Waals surface area contributed by atoms with E-state index in [1.54, 1.807) is 0 Å². The topological polar surface area (TPSA) is 59.0 Å². The van der Waals surface area contributed by atoms with Gasteiger partial charge in [0.2, 0.25) is 0 Å². The molecule has 2 rings (SSSR count). The average molecular weight is 299 g/mol. The highest BCUT2D eigenvalue weighted by molar-refractivity contribution is 5.66. The standard InChI is InChI=1S/C16H29NO4/c1-13(2)17(8-3-4-15(18)19)14-5-9-21-16(12-14)6-10-20-11-7-16/h13-14H,3-12H2,1-2H3,(H,18,19). The first-order valence-corrected chi connectivity index (χ1v) is 8.22. The van der Waals surface area contributed by atoms with Crippen LogP contribution in [-0.4, -0.2) is 60.0 Å². The van der Waals surface area contributed by atoms with Crippen molar-refractivity contribution >= 4 is 5.97 Å². The van der Waals surface area contributed by atoms with E-state index >= 15 is 0 Å². The van der Waals surface area contributed by atoms with E-state index in [2.05, 4.69) is 18.7 Å². The van der Waals surface area contributed by atoms with E-state index in [1.165, 1.54) is 0 Å². The maximum Gasteiger partial charge on any atom is 0.303 e. The molecule has 2 aliphatic rings. The summed E-state index contributed by atoms with van der Waals surface area (Å²) in [4.78, 5) is 13.2. The van der Waals surface area contributed by atoms with Gasteiger partial charge < -0.3 is 14.6 Å². The maximum absolute atomic E-state index is 10.7. The van der Waals surface area contributed by atoms with Crippen LogP contribution >= 0.6 is 0 Å². The van der Waals surface area contributed by atoms with E-state index < -0.39 is 5.97 Å². The van der Waals surface area contributed by atoms with Crippen molar-refractivity contribution in [1.29, 1.82) is 0 Å². The van der Waals surface area contributed by atoms with Crippen molar-refractivity contribution in [3.63, 3.8) is 0 Å². The number of carbonyl (C=O) groups is 1. The third-order valence-electron chi connectivity index (χ3n) is 4.81. The van der Waals surface area contributed by atoms with Crippen LogP contribution in [0.1, 0.15) is 52.4 Å². The summed E-state index contributed by atoms with van der Waals surface area (Å²) in [6, 6.07) is 0.949. The molecule has 5 heteroatoms. The van der Waals surface area contributed by atoms with Crippen LogP contribution in [0.15, 0.2) is 0 Å². The number of aliphatic carboxylic acids is 1. The first-order valence-electron chi connectivity index (χ1n) is 8.22. The molecule has 21 heavy (non-hydrogen) atoms. The largest absolute Gasteiger partial charge is 0.481 e. The van der Waals surface area contributed by atoms with Crippen molar-refractivity contribution in [2.75, 3.05) is 26.4 Å². The molecule has 1 spiro atoms. The summed E-state index contributed by atoms with van der Waals surface area (Å²) in [6.07, 6.45) is 5.07. The van der Waals surface area contributed by atoms with Crippen molar-refractivity contribution in [1.82, 2.24) is 4.90 Å². The lowest BCUT2D eigenvalue weighted by atomic mass is 9.83. The van der Waals surface area contributed by atoms with E-state index in [-0.39, 0.29) is 12.0 Å². The maximum atomic E-state index is 10.7. The van der Waals surface area contributed by atoms with Gasteiger partial charge in [-0.2, -0.15) is 0 Å². The fraction of sp³-hybridized carbons (Fsp3) is 0.938. The fourth-order valence-electron chi connectivity index (χ4n) is 3.65. The third kappa shape index (κ3) is 4.66. The summed E-state index contributed by atoms with van der Waals surface area (Å²) in [5, 5.41) is 8.82.